The molecule has 0 heterocycles. The smallest absolute Gasteiger partial charge is 0.0300 e. The van der Waals surface area contributed by atoms with E-state index in [9.17, 15) is 0 Å². The van der Waals surface area contributed by atoms with Crippen molar-refractivity contribution in [2.75, 3.05) is 0 Å². The zero-order valence-electron chi connectivity index (χ0n) is 12.6. The summed E-state index contributed by atoms with van der Waals surface area (Å²) < 4.78 is 0. The van der Waals surface area contributed by atoms with E-state index in [1.165, 1.54) is 44.9 Å². The summed E-state index contributed by atoms with van der Waals surface area (Å²) >= 11 is 0. The minimum Gasteiger partial charge on any atom is -0.0654 e. The second-order valence-corrected chi connectivity index (χ2v) is 6.14. The molecule has 2 unspecified atom stereocenters. The molecule has 98 valence electrons. The summed E-state index contributed by atoms with van der Waals surface area (Å²) in [5.74, 6) is 1.80. The second kappa shape index (κ2) is 8.14. The van der Waals surface area contributed by atoms with E-state index in [1.54, 1.807) is 0 Å². The first kappa shape index (κ1) is 16.0. The van der Waals surface area contributed by atoms with Crippen molar-refractivity contribution in [1.29, 1.82) is 0 Å². The van der Waals surface area contributed by atoms with E-state index < -0.39 is 0 Å². The molecule has 0 aromatic carbocycles. The maximum atomic E-state index is 2.50. The van der Waals surface area contributed by atoms with Crippen molar-refractivity contribution in [3.63, 3.8) is 0 Å². The molecule has 0 aliphatic heterocycles. The Bertz CT molecular complexity index is 157. The highest BCUT2D eigenvalue weighted by Crippen LogP contribution is 2.42. The normalized spacial score (nSPS) is 16.1. The predicted molar refractivity (Wildman–Crippen MR) is 75.8 cm³/mol. The van der Waals surface area contributed by atoms with Crippen LogP contribution in [-0.2, 0) is 0 Å². The molecule has 0 amide bonds. The molecule has 0 aliphatic carbocycles. The lowest BCUT2D eigenvalue weighted by Crippen LogP contribution is -2.31. The minimum atomic E-state index is 0.529. The molecule has 0 heteroatoms. The fourth-order valence-corrected chi connectivity index (χ4v) is 2.89. The van der Waals surface area contributed by atoms with Gasteiger partial charge in [-0.1, -0.05) is 80.1 Å². The Morgan fingerprint density at radius 2 is 1.38 bits per heavy atom. The first-order chi connectivity index (χ1) is 7.50. The van der Waals surface area contributed by atoms with E-state index in [0.717, 1.165) is 11.8 Å². The van der Waals surface area contributed by atoms with Crippen molar-refractivity contribution in [2.45, 2.75) is 86.5 Å². The summed E-state index contributed by atoms with van der Waals surface area (Å²) in [4.78, 5) is 0. The molecule has 0 N–H and O–H groups in total. The maximum Gasteiger partial charge on any atom is -0.0300 e. The molecule has 16 heavy (non-hydrogen) atoms. The van der Waals surface area contributed by atoms with Gasteiger partial charge in [0.15, 0.2) is 0 Å². The van der Waals surface area contributed by atoms with Gasteiger partial charge < -0.3 is 0 Å². The van der Waals surface area contributed by atoms with Crippen molar-refractivity contribution >= 4 is 0 Å². The molecule has 0 aliphatic rings. The van der Waals surface area contributed by atoms with Crippen LogP contribution in [0.5, 0.6) is 0 Å². The minimum absolute atomic E-state index is 0.529. The standard InChI is InChI=1S/C16H34/c1-7-10-13-15(12-9-3)16(5,6)14(4)11-8-2/h14-15H,7-13H2,1-6H3. The number of unbranched alkanes of at least 4 members (excludes halogenated alkanes) is 1. The van der Waals surface area contributed by atoms with Gasteiger partial charge in [-0.3, -0.25) is 0 Å². The highest BCUT2D eigenvalue weighted by Gasteiger charge is 2.32. The largest absolute Gasteiger partial charge is 0.0654 e. The van der Waals surface area contributed by atoms with E-state index in [-0.39, 0.29) is 0 Å². The lowest BCUT2D eigenvalue weighted by atomic mass is 9.65. The van der Waals surface area contributed by atoms with Gasteiger partial charge in [0.25, 0.3) is 0 Å². The van der Waals surface area contributed by atoms with Crippen molar-refractivity contribution in [3.05, 3.63) is 0 Å². The summed E-state index contributed by atoms with van der Waals surface area (Å²) in [5, 5.41) is 0. The summed E-state index contributed by atoms with van der Waals surface area (Å²) in [6.07, 6.45) is 9.67. The van der Waals surface area contributed by atoms with Gasteiger partial charge in [-0.05, 0) is 23.7 Å². The van der Waals surface area contributed by atoms with Crippen molar-refractivity contribution in [1.82, 2.24) is 0 Å². The number of hydrogen-bond donors (Lipinski definition) is 0. The number of rotatable bonds is 9. The van der Waals surface area contributed by atoms with Crippen LogP contribution < -0.4 is 0 Å². The van der Waals surface area contributed by atoms with Gasteiger partial charge >= 0.3 is 0 Å². The lowest BCUT2D eigenvalue weighted by molar-refractivity contribution is 0.100. The summed E-state index contributed by atoms with van der Waals surface area (Å²) in [6, 6.07) is 0. The quantitative estimate of drug-likeness (QED) is 0.448. The molecule has 2 atom stereocenters. The molecular formula is C16H34. The third-order valence-electron chi connectivity index (χ3n) is 4.59. The predicted octanol–water partition coefficient (Wildman–Crippen LogP) is 6.06. The first-order valence-electron chi connectivity index (χ1n) is 7.50. The average Bonchev–Trinajstić information content (AvgIpc) is 2.24. The first-order valence-corrected chi connectivity index (χ1v) is 7.50. The molecule has 0 bridgehead atoms. The van der Waals surface area contributed by atoms with Gasteiger partial charge in [-0.15, -0.1) is 0 Å². The zero-order valence-corrected chi connectivity index (χ0v) is 12.6. The van der Waals surface area contributed by atoms with Crippen LogP contribution >= 0.6 is 0 Å². The third kappa shape index (κ3) is 4.89. The van der Waals surface area contributed by atoms with E-state index in [4.69, 9.17) is 0 Å². The van der Waals surface area contributed by atoms with Gasteiger partial charge in [0.1, 0.15) is 0 Å². The van der Waals surface area contributed by atoms with E-state index >= 15 is 0 Å². The van der Waals surface area contributed by atoms with E-state index in [2.05, 4.69) is 41.5 Å². The Morgan fingerprint density at radius 1 is 0.812 bits per heavy atom. The van der Waals surface area contributed by atoms with Gasteiger partial charge in [0, 0.05) is 0 Å². The van der Waals surface area contributed by atoms with Crippen LogP contribution in [0.25, 0.3) is 0 Å². The Balaban J connectivity index is 4.45. The monoisotopic (exact) mass is 226 g/mol. The Kier molecular flexibility index (Phi) is 8.14. The van der Waals surface area contributed by atoms with Gasteiger partial charge in [0.2, 0.25) is 0 Å². The molecule has 0 saturated heterocycles. The van der Waals surface area contributed by atoms with Gasteiger partial charge in [0.05, 0.1) is 0 Å². The zero-order chi connectivity index (χ0) is 12.6. The Hall–Kier alpha value is 0. The van der Waals surface area contributed by atoms with Crippen LogP contribution in [0.2, 0.25) is 0 Å². The highest BCUT2D eigenvalue weighted by atomic mass is 14.4. The van der Waals surface area contributed by atoms with Crippen LogP contribution in [0.15, 0.2) is 0 Å². The fraction of sp³-hybridized carbons (Fsp3) is 1.00. The Morgan fingerprint density at radius 3 is 1.81 bits per heavy atom. The maximum absolute atomic E-state index is 2.50. The van der Waals surface area contributed by atoms with Crippen LogP contribution in [0.3, 0.4) is 0 Å². The van der Waals surface area contributed by atoms with Crippen LogP contribution in [0, 0.1) is 17.3 Å². The molecule has 0 rings (SSSR count). The fourth-order valence-electron chi connectivity index (χ4n) is 2.89. The van der Waals surface area contributed by atoms with Crippen LogP contribution in [-0.4, -0.2) is 0 Å². The van der Waals surface area contributed by atoms with Crippen molar-refractivity contribution < 1.29 is 0 Å². The highest BCUT2D eigenvalue weighted by molar-refractivity contribution is 4.82. The molecule has 0 aromatic heterocycles. The molecular weight excluding hydrogens is 192 g/mol. The number of hydrogen-bond acceptors (Lipinski definition) is 0. The van der Waals surface area contributed by atoms with Crippen LogP contribution in [0.1, 0.15) is 86.5 Å². The molecule has 0 radical (unpaired) electrons. The average molecular weight is 226 g/mol. The van der Waals surface area contributed by atoms with E-state index in [1.807, 2.05) is 0 Å². The van der Waals surface area contributed by atoms with Crippen LogP contribution in [0.4, 0.5) is 0 Å². The molecule has 0 saturated carbocycles. The lowest BCUT2D eigenvalue weighted by Gasteiger charge is -2.40. The third-order valence-corrected chi connectivity index (χ3v) is 4.59. The van der Waals surface area contributed by atoms with Crippen molar-refractivity contribution in [3.8, 4) is 0 Å². The molecule has 0 nitrogen and oxygen atoms in total. The summed E-state index contributed by atoms with van der Waals surface area (Å²) in [7, 11) is 0. The summed E-state index contributed by atoms with van der Waals surface area (Å²) in [5.41, 5.74) is 0.529. The SMILES string of the molecule is CCCCC(CCC)C(C)(C)C(C)CCC. The summed E-state index contributed by atoms with van der Waals surface area (Å²) in [6.45, 7) is 14.4. The second-order valence-electron chi connectivity index (χ2n) is 6.14. The Labute approximate surface area is 104 Å². The van der Waals surface area contributed by atoms with Crippen molar-refractivity contribution in [2.24, 2.45) is 17.3 Å². The van der Waals surface area contributed by atoms with Gasteiger partial charge in [-0.2, -0.15) is 0 Å². The molecule has 0 aromatic rings. The molecule has 0 spiro atoms. The van der Waals surface area contributed by atoms with E-state index in [0.29, 0.717) is 5.41 Å². The topological polar surface area (TPSA) is 0 Å². The molecule has 0 fully saturated rings. The van der Waals surface area contributed by atoms with Gasteiger partial charge in [-0.25, -0.2) is 0 Å².